The van der Waals surface area contributed by atoms with Crippen LogP contribution in [-0.4, -0.2) is 10.6 Å². The molecule has 0 bridgehead atoms. The highest BCUT2D eigenvalue weighted by atomic mass is 79.9. The number of alkyl halides is 1. The molecule has 0 heterocycles. The number of fused-ring (bicyclic) bond motifs is 1. The third kappa shape index (κ3) is 1.15. The molecule has 1 aromatic carbocycles. The first-order valence-corrected chi connectivity index (χ1v) is 5.36. The quantitative estimate of drug-likeness (QED) is 0.671. The summed E-state index contributed by atoms with van der Waals surface area (Å²) >= 11 is 6.78. The van der Waals surface area contributed by atoms with Crippen LogP contribution in [0.25, 0.3) is 0 Å². The molecule has 1 aliphatic rings. The fraction of sp³-hybridized carbons (Fsp3) is 0.222. The van der Waals surface area contributed by atoms with Crippen molar-refractivity contribution < 1.29 is 4.79 Å². The monoisotopic (exact) mass is 288 g/mol. The van der Waals surface area contributed by atoms with Gasteiger partial charge >= 0.3 is 0 Å². The van der Waals surface area contributed by atoms with E-state index in [1.54, 1.807) is 0 Å². The zero-order valence-electron chi connectivity index (χ0n) is 6.18. The largest absolute Gasteiger partial charge is 0.293 e. The number of ketones is 1. The van der Waals surface area contributed by atoms with E-state index in [2.05, 4.69) is 31.9 Å². The number of halogens is 2. The molecular formula is C9H6Br2O. The lowest BCUT2D eigenvalue weighted by molar-refractivity contribution is 0.100. The normalized spacial score (nSPS) is 21.2. The average molecular weight is 290 g/mol. The van der Waals surface area contributed by atoms with Crippen LogP contribution < -0.4 is 0 Å². The molecule has 0 spiro atoms. The van der Waals surface area contributed by atoms with E-state index >= 15 is 0 Å². The fourth-order valence-corrected chi connectivity index (χ4v) is 2.54. The molecule has 1 atom stereocenters. The van der Waals surface area contributed by atoms with Gasteiger partial charge in [0.05, 0.1) is 4.83 Å². The summed E-state index contributed by atoms with van der Waals surface area (Å²) in [4.78, 5) is 11.5. The first-order chi connectivity index (χ1) is 5.70. The molecule has 0 radical (unpaired) electrons. The second-order valence-electron chi connectivity index (χ2n) is 2.80. The van der Waals surface area contributed by atoms with Crippen molar-refractivity contribution in [1.82, 2.24) is 0 Å². The van der Waals surface area contributed by atoms with Gasteiger partial charge in [-0.15, -0.1) is 0 Å². The molecule has 1 aromatic rings. The van der Waals surface area contributed by atoms with Crippen molar-refractivity contribution in [2.24, 2.45) is 0 Å². The standard InChI is InChI=1S/C9H6Br2O/c10-7-3-1-2-5-6(7)4-8(11)9(5)12/h1-3,8H,4H2. The van der Waals surface area contributed by atoms with Crippen LogP contribution in [-0.2, 0) is 6.42 Å². The predicted molar refractivity (Wildman–Crippen MR) is 54.9 cm³/mol. The molecule has 1 aliphatic carbocycles. The molecule has 12 heavy (non-hydrogen) atoms. The second kappa shape index (κ2) is 2.96. The lowest BCUT2D eigenvalue weighted by Gasteiger charge is -1.97. The molecule has 0 aliphatic heterocycles. The van der Waals surface area contributed by atoms with E-state index in [0.717, 1.165) is 22.0 Å². The van der Waals surface area contributed by atoms with E-state index in [1.165, 1.54) is 0 Å². The SMILES string of the molecule is O=C1c2cccc(Br)c2CC1Br. The van der Waals surface area contributed by atoms with Crippen LogP contribution in [0.1, 0.15) is 15.9 Å². The van der Waals surface area contributed by atoms with Gasteiger partial charge in [0, 0.05) is 10.0 Å². The first kappa shape index (κ1) is 8.45. The van der Waals surface area contributed by atoms with Gasteiger partial charge in [0.1, 0.15) is 0 Å². The van der Waals surface area contributed by atoms with Gasteiger partial charge < -0.3 is 0 Å². The fourth-order valence-electron chi connectivity index (χ4n) is 1.44. The molecule has 0 N–H and O–H groups in total. The molecule has 0 saturated carbocycles. The Balaban J connectivity index is 2.61. The highest BCUT2D eigenvalue weighted by Crippen LogP contribution is 2.31. The van der Waals surface area contributed by atoms with Crippen LogP contribution in [0.15, 0.2) is 22.7 Å². The smallest absolute Gasteiger partial charge is 0.177 e. The summed E-state index contributed by atoms with van der Waals surface area (Å²) in [5, 5.41) is 0. The van der Waals surface area contributed by atoms with Crippen molar-refractivity contribution in [3.05, 3.63) is 33.8 Å². The zero-order valence-corrected chi connectivity index (χ0v) is 9.35. The summed E-state index contributed by atoms with van der Waals surface area (Å²) in [5.41, 5.74) is 1.98. The minimum atomic E-state index is -0.0220. The van der Waals surface area contributed by atoms with Crippen LogP contribution in [0.4, 0.5) is 0 Å². The summed E-state index contributed by atoms with van der Waals surface area (Å²) in [6, 6.07) is 5.74. The van der Waals surface area contributed by atoms with Crippen molar-refractivity contribution in [2.75, 3.05) is 0 Å². The van der Waals surface area contributed by atoms with Crippen LogP contribution in [0, 0.1) is 0 Å². The Morgan fingerprint density at radius 2 is 2.17 bits per heavy atom. The molecule has 3 heteroatoms. The number of hydrogen-bond acceptors (Lipinski definition) is 1. The summed E-state index contributed by atoms with van der Waals surface area (Å²) in [6.07, 6.45) is 0.801. The van der Waals surface area contributed by atoms with E-state index in [9.17, 15) is 4.79 Å². The van der Waals surface area contributed by atoms with Gasteiger partial charge in [0.15, 0.2) is 5.78 Å². The Morgan fingerprint density at radius 3 is 2.83 bits per heavy atom. The lowest BCUT2D eigenvalue weighted by atomic mass is 10.1. The Labute approximate surface area is 87.4 Å². The predicted octanol–water partition coefficient (Wildman–Crippen LogP) is 2.95. The second-order valence-corrected chi connectivity index (χ2v) is 4.76. The van der Waals surface area contributed by atoms with Gasteiger partial charge in [0.2, 0.25) is 0 Å². The van der Waals surface area contributed by atoms with Gasteiger partial charge in [-0.2, -0.15) is 0 Å². The van der Waals surface area contributed by atoms with Crippen LogP contribution in [0.3, 0.4) is 0 Å². The maximum absolute atomic E-state index is 11.5. The molecule has 0 fully saturated rings. The number of carbonyl (C=O) groups is 1. The number of rotatable bonds is 0. The van der Waals surface area contributed by atoms with Crippen molar-refractivity contribution in [3.63, 3.8) is 0 Å². The Hall–Kier alpha value is -0.150. The number of hydrogen-bond donors (Lipinski definition) is 0. The first-order valence-electron chi connectivity index (χ1n) is 3.66. The molecule has 2 rings (SSSR count). The molecule has 0 amide bonds. The molecule has 1 nitrogen and oxygen atoms in total. The summed E-state index contributed by atoms with van der Waals surface area (Å²) in [7, 11) is 0. The van der Waals surface area contributed by atoms with E-state index in [4.69, 9.17) is 0 Å². The Bertz CT molecular complexity index is 346. The third-order valence-electron chi connectivity index (χ3n) is 2.05. The highest BCUT2D eigenvalue weighted by molar-refractivity contribution is 9.10. The number of carbonyl (C=O) groups excluding carboxylic acids is 1. The van der Waals surface area contributed by atoms with Gasteiger partial charge in [-0.05, 0) is 18.1 Å². The average Bonchev–Trinajstić information content (AvgIpc) is 2.32. The lowest BCUT2D eigenvalue weighted by Crippen LogP contribution is -2.05. The minimum absolute atomic E-state index is 0.0220. The Morgan fingerprint density at radius 1 is 1.42 bits per heavy atom. The topological polar surface area (TPSA) is 17.1 Å². The summed E-state index contributed by atoms with van der Waals surface area (Å²) < 4.78 is 1.04. The van der Waals surface area contributed by atoms with Gasteiger partial charge in [0.25, 0.3) is 0 Å². The number of benzene rings is 1. The molecule has 1 unspecified atom stereocenters. The molecule has 0 aromatic heterocycles. The van der Waals surface area contributed by atoms with Crippen molar-refractivity contribution in [1.29, 1.82) is 0 Å². The summed E-state index contributed by atoms with van der Waals surface area (Å²) in [5.74, 6) is 0.200. The van der Waals surface area contributed by atoms with Crippen molar-refractivity contribution >= 4 is 37.6 Å². The highest BCUT2D eigenvalue weighted by Gasteiger charge is 2.29. The van der Waals surface area contributed by atoms with Crippen molar-refractivity contribution in [2.45, 2.75) is 11.2 Å². The zero-order chi connectivity index (χ0) is 8.72. The Kier molecular flexibility index (Phi) is 2.09. The van der Waals surface area contributed by atoms with Gasteiger partial charge in [-0.25, -0.2) is 0 Å². The van der Waals surface area contributed by atoms with E-state index in [0.29, 0.717) is 0 Å². The van der Waals surface area contributed by atoms with E-state index in [1.807, 2.05) is 18.2 Å². The van der Waals surface area contributed by atoms with Crippen LogP contribution in [0.5, 0.6) is 0 Å². The third-order valence-corrected chi connectivity index (χ3v) is 3.53. The minimum Gasteiger partial charge on any atom is -0.293 e. The van der Waals surface area contributed by atoms with Crippen LogP contribution in [0.2, 0.25) is 0 Å². The van der Waals surface area contributed by atoms with Gasteiger partial charge in [-0.1, -0.05) is 44.0 Å². The number of Topliss-reactive ketones (excluding diaryl/α,β-unsaturated/α-hetero) is 1. The maximum Gasteiger partial charge on any atom is 0.177 e. The van der Waals surface area contributed by atoms with E-state index in [-0.39, 0.29) is 10.6 Å². The molecule has 0 saturated heterocycles. The maximum atomic E-state index is 11.5. The van der Waals surface area contributed by atoms with Crippen LogP contribution >= 0.6 is 31.9 Å². The molecule has 62 valence electrons. The van der Waals surface area contributed by atoms with Gasteiger partial charge in [-0.3, -0.25) is 4.79 Å². The van der Waals surface area contributed by atoms with Crippen molar-refractivity contribution in [3.8, 4) is 0 Å². The van der Waals surface area contributed by atoms with E-state index < -0.39 is 0 Å². The molecular weight excluding hydrogens is 284 g/mol. The summed E-state index contributed by atoms with van der Waals surface area (Å²) in [6.45, 7) is 0.